The highest BCUT2D eigenvalue weighted by Gasteiger charge is 2.25. The first-order valence-electron chi connectivity index (χ1n) is 7.74. The van der Waals surface area contributed by atoms with Gasteiger partial charge in [0, 0.05) is 36.2 Å². The number of hydrogen-bond donors (Lipinski definition) is 0. The molecule has 0 spiro atoms. The van der Waals surface area contributed by atoms with E-state index in [0.717, 1.165) is 18.1 Å². The molecule has 1 fully saturated rings. The van der Waals surface area contributed by atoms with E-state index in [9.17, 15) is 4.39 Å². The highest BCUT2D eigenvalue weighted by atomic mass is 32.2. The minimum absolute atomic E-state index is 0.287. The second-order valence-electron chi connectivity index (χ2n) is 5.89. The second-order valence-corrected chi connectivity index (χ2v) is 7.04. The van der Waals surface area contributed by atoms with Gasteiger partial charge < -0.3 is 0 Å². The summed E-state index contributed by atoms with van der Waals surface area (Å²) in [5.41, 5.74) is 3.57. The highest BCUT2D eigenvalue weighted by Crippen LogP contribution is 2.31. The predicted molar refractivity (Wildman–Crippen MR) is 92.8 cm³/mol. The van der Waals surface area contributed by atoms with Crippen LogP contribution in [-0.4, -0.2) is 23.0 Å². The van der Waals surface area contributed by atoms with Gasteiger partial charge in [0.15, 0.2) is 0 Å². The first kappa shape index (κ1) is 16.0. The molecule has 2 aromatic carbocycles. The summed E-state index contributed by atoms with van der Waals surface area (Å²) in [6.45, 7) is 3.61. The van der Waals surface area contributed by atoms with Crippen LogP contribution in [0.5, 0.6) is 0 Å². The number of thioether (sulfide) groups is 1. The highest BCUT2D eigenvalue weighted by molar-refractivity contribution is 7.99. The SMILES string of the molecule is Cc1ccc(C2CSCCN2Cc2ccc(C#N)cc2F)cc1. The zero-order chi connectivity index (χ0) is 16.2. The number of nitrogens with zero attached hydrogens (tertiary/aromatic N) is 2. The summed E-state index contributed by atoms with van der Waals surface area (Å²) < 4.78 is 14.2. The van der Waals surface area contributed by atoms with Gasteiger partial charge >= 0.3 is 0 Å². The summed E-state index contributed by atoms with van der Waals surface area (Å²) in [5, 5.41) is 8.86. The fraction of sp³-hybridized carbons (Fsp3) is 0.316. The lowest BCUT2D eigenvalue weighted by Crippen LogP contribution is -2.35. The molecule has 0 bridgehead atoms. The van der Waals surface area contributed by atoms with Crippen LogP contribution in [0.25, 0.3) is 0 Å². The first-order chi connectivity index (χ1) is 11.2. The van der Waals surface area contributed by atoms with E-state index >= 15 is 0 Å². The van der Waals surface area contributed by atoms with Crippen LogP contribution in [0.2, 0.25) is 0 Å². The van der Waals surface area contributed by atoms with E-state index in [0.29, 0.717) is 23.7 Å². The molecule has 1 saturated heterocycles. The predicted octanol–water partition coefficient (Wildman–Crippen LogP) is 4.30. The van der Waals surface area contributed by atoms with Crippen LogP contribution in [0.4, 0.5) is 4.39 Å². The van der Waals surface area contributed by atoms with Crippen molar-refractivity contribution in [3.05, 3.63) is 70.5 Å². The molecule has 4 heteroatoms. The third-order valence-corrected chi connectivity index (χ3v) is 5.28. The zero-order valence-corrected chi connectivity index (χ0v) is 13.9. The first-order valence-corrected chi connectivity index (χ1v) is 8.90. The maximum Gasteiger partial charge on any atom is 0.129 e. The largest absolute Gasteiger partial charge is 0.290 e. The van der Waals surface area contributed by atoms with Crippen molar-refractivity contribution in [1.29, 1.82) is 5.26 Å². The van der Waals surface area contributed by atoms with E-state index in [1.165, 1.54) is 17.2 Å². The molecular weight excluding hydrogens is 307 g/mol. The van der Waals surface area contributed by atoms with E-state index in [-0.39, 0.29) is 5.82 Å². The lowest BCUT2D eigenvalue weighted by molar-refractivity contribution is 0.209. The van der Waals surface area contributed by atoms with Crippen LogP contribution in [0.1, 0.15) is 28.3 Å². The number of aryl methyl sites for hydroxylation is 1. The van der Waals surface area contributed by atoms with E-state index in [1.54, 1.807) is 12.1 Å². The number of nitriles is 1. The molecule has 0 aromatic heterocycles. The van der Waals surface area contributed by atoms with Crippen molar-refractivity contribution in [1.82, 2.24) is 4.90 Å². The van der Waals surface area contributed by atoms with Gasteiger partial charge in [-0.2, -0.15) is 17.0 Å². The molecule has 1 aliphatic rings. The van der Waals surface area contributed by atoms with Crippen molar-refractivity contribution < 1.29 is 4.39 Å². The molecule has 0 radical (unpaired) electrons. The Kier molecular flexibility index (Phi) is 5.00. The molecule has 1 heterocycles. The normalized spacial score (nSPS) is 18.6. The fourth-order valence-electron chi connectivity index (χ4n) is 2.89. The molecule has 0 aliphatic carbocycles. The molecule has 1 aliphatic heterocycles. The molecule has 3 rings (SSSR count). The minimum Gasteiger partial charge on any atom is -0.290 e. The Morgan fingerprint density at radius 3 is 2.74 bits per heavy atom. The summed E-state index contributed by atoms with van der Waals surface area (Å²) in [6.07, 6.45) is 0. The summed E-state index contributed by atoms with van der Waals surface area (Å²) in [5.74, 6) is 1.81. The molecule has 23 heavy (non-hydrogen) atoms. The van der Waals surface area contributed by atoms with Crippen LogP contribution in [-0.2, 0) is 6.54 Å². The Morgan fingerprint density at radius 2 is 2.04 bits per heavy atom. The lowest BCUT2D eigenvalue weighted by Gasteiger charge is -2.36. The molecule has 1 unspecified atom stereocenters. The van der Waals surface area contributed by atoms with E-state index in [4.69, 9.17) is 5.26 Å². The van der Waals surface area contributed by atoms with Crippen molar-refractivity contribution in [2.24, 2.45) is 0 Å². The van der Waals surface area contributed by atoms with Crippen LogP contribution >= 0.6 is 11.8 Å². The van der Waals surface area contributed by atoms with Crippen molar-refractivity contribution in [2.45, 2.75) is 19.5 Å². The Labute approximate surface area is 140 Å². The Morgan fingerprint density at radius 1 is 1.26 bits per heavy atom. The van der Waals surface area contributed by atoms with Gasteiger partial charge in [-0.15, -0.1) is 0 Å². The number of halogens is 1. The summed E-state index contributed by atoms with van der Waals surface area (Å²) in [4.78, 5) is 2.34. The Bertz CT molecular complexity index is 721. The summed E-state index contributed by atoms with van der Waals surface area (Å²) in [6, 6.07) is 15.7. The van der Waals surface area contributed by atoms with Gasteiger partial charge in [0.2, 0.25) is 0 Å². The van der Waals surface area contributed by atoms with Gasteiger partial charge in [0.05, 0.1) is 11.6 Å². The number of rotatable bonds is 3. The van der Waals surface area contributed by atoms with Crippen molar-refractivity contribution in [2.75, 3.05) is 18.1 Å². The Hall–Kier alpha value is -1.83. The number of hydrogen-bond acceptors (Lipinski definition) is 3. The molecule has 2 aromatic rings. The molecule has 0 saturated carbocycles. The summed E-state index contributed by atoms with van der Waals surface area (Å²) in [7, 11) is 0. The average Bonchev–Trinajstić information content (AvgIpc) is 2.58. The Balaban J connectivity index is 1.82. The van der Waals surface area contributed by atoms with E-state index in [1.807, 2.05) is 17.8 Å². The van der Waals surface area contributed by atoms with Gasteiger partial charge in [-0.05, 0) is 24.6 Å². The monoisotopic (exact) mass is 326 g/mol. The fourth-order valence-corrected chi connectivity index (χ4v) is 4.04. The topological polar surface area (TPSA) is 27.0 Å². The minimum atomic E-state index is -0.287. The maximum atomic E-state index is 14.2. The maximum absolute atomic E-state index is 14.2. The molecule has 0 amide bonds. The lowest BCUT2D eigenvalue weighted by atomic mass is 10.0. The molecule has 118 valence electrons. The van der Waals surface area contributed by atoms with E-state index < -0.39 is 0 Å². The van der Waals surface area contributed by atoms with Gasteiger partial charge in [-0.1, -0.05) is 35.9 Å². The quantitative estimate of drug-likeness (QED) is 0.841. The van der Waals surface area contributed by atoms with Crippen LogP contribution in [0.15, 0.2) is 42.5 Å². The molecule has 1 atom stereocenters. The third kappa shape index (κ3) is 3.74. The van der Waals surface area contributed by atoms with Gasteiger partial charge in [0.1, 0.15) is 5.82 Å². The van der Waals surface area contributed by atoms with Crippen LogP contribution in [0.3, 0.4) is 0 Å². The average molecular weight is 326 g/mol. The second kappa shape index (κ2) is 7.16. The smallest absolute Gasteiger partial charge is 0.129 e. The summed E-state index contributed by atoms with van der Waals surface area (Å²) >= 11 is 1.95. The van der Waals surface area contributed by atoms with Gasteiger partial charge in [-0.25, -0.2) is 4.39 Å². The number of benzene rings is 2. The van der Waals surface area contributed by atoms with Crippen LogP contribution in [0, 0.1) is 24.1 Å². The molecular formula is C19H19FN2S. The van der Waals surface area contributed by atoms with Crippen molar-refractivity contribution in [3.63, 3.8) is 0 Å². The zero-order valence-electron chi connectivity index (χ0n) is 13.1. The van der Waals surface area contributed by atoms with Crippen molar-refractivity contribution in [3.8, 4) is 6.07 Å². The standard InChI is InChI=1S/C19H19FN2S/c1-14-2-5-16(6-3-14)19-13-23-9-8-22(19)12-17-7-4-15(11-21)10-18(17)20/h2-7,10,19H,8-9,12-13H2,1H3. The van der Waals surface area contributed by atoms with Crippen molar-refractivity contribution >= 4 is 11.8 Å². The van der Waals surface area contributed by atoms with E-state index in [2.05, 4.69) is 36.1 Å². The molecule has 0 N–H and O–H groups in total. The third-order valence-electron chi connectivity index (χ3n) is 4.26. The van der Waals surface area contributed by atoms with Gasteiger partial charge in [0.25, 0.3) is 0 Å². The molecule has 2 nitrogen and oxygen atoms in total. The van der Waals surface area contributed by atoms with Gasteiger partial charge in [-0.3, -0.25) is 4.90 Å². The van der Waals surface area contributed by atoms with Crippen LogP contribution < -0.4 is 0 Å².